The molecule has 0 spiro atoms. The van der Waals surface area contributed by atoms with E-state index in [9.17, 15) is 13.2 Å². The van der Waals surface area contributed by atoms with Gasteiger partial charge >= 0.3 is 5.97 Å². The second kappa shape index (κ2) is 13.7. The molecule has 0 aliphatic carbocycles. The quantitative estimate of drug-likeness (QED) is 0.147. The molecule has 0 radical (unpaired) electrons. The molecule has 6 nitrogen and oxygen atoms in total. The van der Waals surface area contributed by atoms with Crippen LogP contribution >= 0.6 is 34.7 Å². The lowest BCUT2D eigenvalue weighted by Gasteiger charge is -2.12. The molecule has 1 aromatic heterocycles. The zero-order valence-corrected chi connectivity index (χ0v) is 24.0. The minimum atomic E-state index is -3.34. The second-order valence-corrected chi connectivity index (χ2v) is 13.1. The van der Waals surface area contributed by atoms with Crippen LogP contribution in [0.1, 0.15) is 31.4 Å². The maximum atomic E-state index is 12.9. The number of ether oxygens (including phenoxy) is 2. The Labute approximate surface area is 226 Å². The lowest BCUT2D eigenvalue weighted by Crippen LogP contribution is -2.21. The highest BCUT2D eigenvalue weighted by Crippen LogP contribution is 2.36. The number of esters is 1. The molecular weight excluding hydrogens is 538 g/mol. The first-order valence-electron chi connectivity index (χ1n) is 11.9. The van der Waals surface area contributed by atoms with Gasteiger partial charge in [-0.2, -0.15) is 0 Å². The number of hydrogen-bond donors (Lipinski definition) is 1. The molecule has 1 N–H and O–H groups in total. The molecule has 36 heavy (non-hydrogen) atoms. The van der Waals surface area contributed by atoms with Crippen LogP contribution in [0.4, 0.5) is 0 Å². The highest BCUT2D eigenvalue weighted by atomic mass is 35.5. The van der Waals surface area contributed by atoms with Gasteiger partial charge in [0, 0.05) is 26.9 Å². The molecule has 0 bridgehead atoms. The number of aryl methyl sites for hydroxylation is 2. The summed E-state index contributed by atoms with van der Waals surface area (Å²) < 4.78 is 37.7. The van der Waals surface area contributed by atoms with Gasteiger partial charge in [-0.15, -0.1) is 23.1 Å². The fraction of sp³-hybridized carbons (Fsp3) is 0.423. The average molecular weight is 570 g/mol. The van der Waals surface area contributed by atoms with Crippen molar-refractivity contribution in [2.24, 2.45) is 0 Å². The number of carbonyl (C=O) groups is 1. The van der Waals surface area contributed by atoms with Gasteiger partial charge in [0.15, 0.2) is 16.4 Å². The van der Waals surface area contributed by atoms with Crippen LogP contribution in [0.5, 0.6) is 5.75 Å². The molecule has 0 fully saturated rings. The lowest BCUT2D eigenvalue weighted by molar-refractivity contribution is -0.145. The van der Waals surface area contributed by atoms with Gasteiger partial charge in [0.2, 0.25) is 0 Å². The molecule has 0 unspecified atom stereocenters. The number of thioether (sulfide) groups is 1. The number of thiophene rings is 1. The average Bonchev–Trinajstić information content (AvgIpc) is 3.19. The van der Waals surface area contributed by atoms with Crippen molar-refractivity contribution < 1.29 is 22.7 Å². The first-order valence-corrected chi connectivity index (χ1v) is 15.7. The molecule has 196 valence electrons. The number of carbonyl (C=O) groups excluding carboxylic acids is 1. The number of halogens is 1. The largest absolute Gasteiger partial charge is 0.482 e. The minimum absolute atomic E-state index is 0.0935. The predicted molar refractivity (Wildman–Crippen MR) is 150 cm³/mol. The van der Waals surface area contributed by atoms with Gasteiger partial charge in [-0.05, 0) is 86.1 Å². The molecule has 0 aliphatic heterocycles. The Kier molecular flexibility index (Phi) is 10.9. The molecule has 0 amide bonds. The summed E-state index contributed by atoms with van der Waals surface area (Å²) in [6, 6.07) is 11.4. The summed E-state index contributed by atoms with van der Waals surface area (Å²) in [6.07, 6.45) is 1.35. The predicted octanol–water partition coefficient (Wildman–Crippen LogP) is 5.91. The van der Waals surface area contributed by atoms with Crippen LogP contribution in [0.2, 0.25) is 5.02 Å². The van der Waals surface area contributed by atoms with Crippen molar-refractivity contribution in [3.8, 4) is 5.75 Å². The summed E-state index contributed by atoms with van der Waals surface area (Å²) in [5.74, 6) is 1.29. The molecule has 0 atom stereocenters. The number of fused-ring (bicyclic) bond motifs is 1. The molecule has 2 aromatic carbocycles. The van der Waals surface area contributed by atoms with Crippen LogP contribution in [0.25, 0.3) is 10.1 Å². The van der Waals surface area contributed by atoms with E-state index in [2.05, 4.69) is 11.4 Å². The van der Waals surface area contributed by atoms with E-state index in [4.69, 9.17) is 21.1 Å². The van der Waals surface area contributed by atoms with Crippen molar-refractivity contribution in [2.45, 2.75) is 42.7 Å². The maximum Gasteiger partial charge on any atom is 0.344 e. The normalized spacial score (nSPS) is 11.7. The van der Waals surface area contributed by atoms with E-state index in [0.29, 0.717) is 34.6 Å². The van der Waals surface area contributed by atoms with Crippen LogP contribution in [0.3, 0.4) is 0 Å². The standard InChI is InChI=1S/C26H32ClNO5S3/c1-4-19-15-21(8-9-23(19)33-17-25(29)32-5-2)34-13-12-28-11-6-14-36(30,31)26-18(3)22-16-20(27)7-10-24(22)35-26/h7-10,15-16,28H,4-6,11-14,17H2,1-3H3. The Bertz CT molecular complexity index is 1290. The highest BCUT2D eigenvalue weighted by molar-refractivity contribution is 7.99. The van der Waals surface area contributed by atoms with Gasteiger partial charge in [-0.1, -0.05) is 18.5 Å². The zero-order chi connectivity index (χ0) is 26.1. The van der Waals surface area contributed by atoms with E-state index in [1.54, 1.807) is 24.8 Å². The van der Waals surface area contributed by atoms with Crippen molar-refractivity contribution in [3.05, 3.63) is 52.5 Å². The zero-order valence-electron chi connectivity index (χ0n) is 20.8. The summed E-state index contributed by atoms with van der Waals surface area (Å²) in [6.45, 7) is 7.31. The number of hydrogen-bond acceptors (Lipinski definition) is 8. The highest BCUT2D eigenvalue weighted by Gasteiger charge is 2.21. The molecule has 0 saturated carbocycles. The van der Waals surface area contributed by atoms with Crippen LogP contribution in [0.15, 0.2) is 45.5 Å². The third-order valence-electron chi connectivity index (χ3n) is 5.51. The third-order valence-corrected chi connectivity index (χ3v) is 10.5. The fourth-order valence-corrected chi connectivity index (χ4v) is 7.99. The Morgan fingerprint density at radius 3 is 2.69 bits per heavy atom. The SMILES string of the molecule is CCOC(=O)COc1ccc(SCCNCCCS(=O)(=O)c2sc3ccc(Cl)cc3c2C)cc1CC. The maximum absolute atomic E-state index is 12.9. The van der Waals surface area contributed by atoms with E-state index in [1.807, 2.05) is 38.1 Å². The molecule has 0 aliphatic rings. The minimum Gasteiger partial charge on any atom is -0.482 e. The van der Waals surface area contributed by atoms with Crippen molar-refractivity contribution >= 4 is 60.6 Å². The van der Waals surface area contributed by atoms with Crippen molar-refractivity contribution in [2.75, 3.05) is 37.8 Å². The molecule has 3 aromatic rings. The van der Waals surface area contributed by atoms with Crippen LogP contribution in [-0.2, 0) is 25.8 Å². The summed E-state index contributed by atoms with van der Waals surface area (Å²) in [5.41, 5.74) is 1.83. The van der Waals surface area contributed by atoms with Gasteiger partial charge in [0.25, 0.3) is 0 Å². The van der Waals surface area contributed by atoms with E-state index >= 15 is 0 Å². The molecule has 10 heteroatoms. The number of rotatable bonds is 14. The Hall–Kier alpha value is -1.78. The molecule has 1 heterocycles. The number of benzene rings is 2. The van der Waals surface area contributed by atoms with E-state index in [0.717, 1.165) is 44.8 Å². The second-order valence-electron chi connectivity index (χ2n) is 8.14. The summed E-state index contributed by atoms with van der Waals surface area (Å²) in [5, 5.41) is 4.86. The summed E-state index contributed by atoms with van der Waals surface area (Å²) in [4.78, 5) is 12.7. The molecular formula is C26H32ClNO5S3. The Morgan fingerprint density at radius 2 is 1.94 bits per heavy atom. The lowest BCUT2D eigenvalue weighted by atomic mass is 10.1. The van der Waals surface area contributed by atoms with Crippen LogP contribution in [-0.4, -0.2) is 52.2 Å². The number of nitrogens with one attached hydrogen (secondary N) is 1. The van der Waals surface area contributed by atoms with Crippen LogP contribution in [0, 0.1) is 6.92 Å². The van der Waals surface area contributed by atoms with Crippen LogP contribution < -0.4 is 10.1 Å². The van der Waals surface area contributed by atoms with Crippen molar-refractivity contribution in [1.82, 2.24) is 5.32 Å². The fourth-order valence-electron chi connectivity index (χ4n) is 3.72. The molecule has 0 saturated heterocycles. The number of sulfone groups is 1. The van der Waals surface area contributed by atoms with Gasteiger partial charge in [0.1, 0.15) is 9.96 Å². The Balaban J connectivity index is 1.41. The third kappa shape index (κ3) is 7.86. The first kappa shape index (κ1) is 28.8. The van der Waals surface area contributed by atoms with Gasteiger partial charge in [0.05, 0.1) is 12.4 Å². The van der Waals surface area contributed by atoms with Crippen molar-refractivity contribution in [1.29, 1.82) is 0 Å². The molecule has 3 rings (SSSR count). The topological polar surface area (TPSA) is 81.7 Å². The van der Waals surface area contributed by atoms with Gasteiger partial charge < -0.3 is 14.8 Å². The summed E-state index contributed by atoms with van der Waals surface area (Å²) >= 11 is 9.11. The van der Waals surface area contributed by atoms with E-state index in [-0.39, 0.29) is 18.3 Å². The van der Waals surface area contributed by atoms with Gasteiger partial charge in [-0.3, -0.25) is 0 Å². The smallest absolute Gasteiger partial charge is 0.344 e. The van der Waals surface area contributed by atoms with Gasteiger partial charge in [-0.25, -0.2) is 13.2 Å². The first-order chi connectivity index (χ1) is 17.2. The Morgan fingerprint density at radius 1 is 1.14 bits per heavy atom. The summed E-state index contributed by atoms with van der Waals surface area (Å²) in [7, 11) is -3.34. The van der Waals surface area contributed by atoms with E-state index in [1.165, 1.54) is 11.3 Å². The van der Waals surface area contributed by atoms with E-state index < -0.39 is 9.84 Å². The monoisotopic (exact) mass is 569 g/mol. The van der Waals surface area contributed by atoms with Crippen molar-refractivity contribution in [3.63, 3.8) is 0 Å².